The molecule has 30 heavy (non-hydrogen) atoms. The molecule has 10 N–H and O–H groups in total. The summed E-state index contributed by atoms with van der Waals surface area (Å²) in [6.45, 7) is 2.52. The highest BCUT2D eigenvalue weighted by atomic mass is 16.4. The number of carboxylic acid groups (broad SMARTS) is 2. The number of aliphatic hydroxyl groups excluding tert-OH is 1. The van der Waals surface area contributed by atoms with Crippen molar-refractivity contribution in [3.8, 4) is 0 Å². The Balaban J connectivity index is 5.47. The molecule has 0 bridgehead atoms. The van der Waals surface area contributed by atoms with E-state index in [4.69, 9.17) is 21.7 Å². The van der Waals surface area contributed by atoms with Gasteiger partial charge in [0.2, 0.25) is 23.6 Å². The van der Waals surface area contributed by atoms with Crippen LogP contribution in [0.2, 0.25) is 0 Å². The molecule has 0 aliphatic rings. The predicted octanol–water partition coefficient (Wildman–Crippen LogP) is -4.01. The van der Waals surface area contributed by atoms with Crippen LogP contribution in [0, 0.1) is 0 Å². The van der Waals surface area contributed by atoms with Crippen LogP contribution < -0.4 is 27.4 Å². The van der Waals surface area contributed by atoms with Crippen molar-refractivity contribution >= 4 is 35.6 Å². The topological polar surface area (TPSA) is 251 Å². The van der Waals surface area contributed by atoms with Crippen LogP contribution in [-0.2, 0) is 28.8 Å². The summed E-state index contributed by atoms with van der Waals surface area (Å²) in [7, 11) is 0. The van der Waals surface area contributed by atoms with E-state index in [0.717, 1.165) is 0 Å². The maximum atomic E-state index is 12.5. The molecule has 0 aromatic rings. The third-order valence-corrected chi connectivity index (χ3v) is 3.78. The van der Waals surface area contributed by atoms with E-state index in [1.54, 1.807) is 0 Å². The molecule has 4 amide bonds. The van der Waals surface area contributed by atoms with E-state index < -0.39 is 85.1 Å². The van der Waals surface area contributed by atoms with Crippen molar-refractivity contribution in [2.24, 2.45) is 11.5 Å². The third-order valence-electron chi connectivity index (χ3n) is 3.78. The van der Waals surface area contributed by atoms with Gasteiger partial charge in [0.05, 0.1) is 18.6 Å². The lowest BCUT2D eigenvalue weighted by atomic mass is 10.1. The van der Waals surface area contributed by atoms with Gasteiger partial charge in [-0.15, -0.1) is 0 Å². The van der Waals surface area contributed by atoms with E-state index in [0.29, 0.717) is 0 Å². The zero-order valence-corrected chi connectivity index (χ0v) is 16.5. The van der Waals surface area contributed by atoms with Gasteiger partial charge >= 0.3 is 11.9 Å². The molecule has 0 aliphatic carbocycles. The van der Waals surface area contributed by atoms with Crippen molar-refractivity contribution in [2.75, 3.05) is 0 Å². The number of carbonyl (C=O) groups excluding carboxylic acids is 4. The monoisotopic (exact) mass is 433 g/mol. The van der Waals surface area contributed by atoms with E-state index in [1.807, 2.05) is 5.32 Å². The zero-order valence-electron chi connectivity index (χ0n) is 16.5. The van der Waals surface area contributed by atoms with Gasteiger partial charge in [-0.2, -0.15) is 0 Å². The molecule has 0 heterocycles. The first kappa shape index (κ1) is 26.7. The maximum Gasteiger partial charge on any atom is 0.326 e. The highest BCUT2D eigenvalue weighted by Gasteiger charge is 2.32. The van der Waals surface area contributed by atoms with Crippen LogP contribution in [0.25, 0.3) is 0 Å². The number of hydrogen-bond donors (Lipinski definition) is 8. The summed E-state index contributed by atoms with van der Waals surface area (Å²) >= 11 is 0. The Hall–Kier alpha value is -3.26. The van der Waals surface area contributed by atoms with Gasteiger partial charge in [0, 0.05) is 6.42 Å². The summed E-state index contributed by atoms with van der Waals surface area (Å²) in [5.74, 6) is -6.79. The van der Waals surface area contributed by atoms with Crippen molar-refractivity contribution in [2.45, 2.75) is 63.4 Å². The summed E-state index contributed by atoms with van der Waals surface area (Å²) in [4.78, 5) is 69.6. The predicted molar refractivity (Wildman–Crippen MR) is 99.4 cm³/mol. The number of carbonyl (C=O) groups is 6. The Kier molecular flexibility index (Phi) is 11.0. The van der Waals surface area contributed by atoms with Crippen molar-refractivity contribution in [3.05, 3.63) is 0 Å². The van der Waals surface area contributed by atoms with Crippen LogP contribution in [0.5, 0.6) is 0 Å². The molecule has 0 radical (unpaired) electrons. The lowest BCUT2D eigenvalue weighted by Gasteiger charge is -2.25. The van der Waals surface area contributed by atoms with Gasteiger partial charge in [0.25, 0.3) is 0 Å². The molecular formula is C16H27N5O9. The lowest BCUT2D eigenvalue weighted by molar-refractivity contribution is -0.144. The minimum Gasteiger partial charge on any atom is -0.481 e. The zero-order chi connectivity index (χ0) is 23.6. The normalized spacial score (nSPS) is 15.6. The van der Waals surface area contributed by atoms with Gasteiger partial charge in [-0.25, -0.2) is 4.79 Å². The van der Waals surface area contributed by atoms with Gasteiger partial charge in [0.15, 0.2) is 0 Å². The first-order valence-corrected chi connectivity index (χ1v) is 8.83. The van der Waals surface area contributed by atoms with E-state index in [-0.39, 0.29) is 0 Å². The number of hydrogen-bond acceptors (Lipinski definition) is 8. The summed E-state index contributed by atoms with van der Waals surface area (Å²) in [6, 6.07) is -5.78. The van der Waals surface area contributed by atoms with Gasteiger partial charge in [0.1, 0.15) is 18.1 Å². The molecule has 0 saturated heterocycles. The van der Waals surface area contributed by atoms with E-state index in [9.17, 15) is 33.9 Å². The Labute approximate surface area is 171 Å². The summed E-state index contributed by atoms with van der Waals surface area (Å²) in [5, 5.41) is 34.0. The van der Waals surface area contributed by atoms with Crippen molar-refractivity contribution in [1.29, 1.82) is 0 Å². The molecule has 0 saturated carbocycles. The summed E-state index contributed by atoms with van der Waals surface area (Å²) in [5.41, 5.74) is 10.3. The Morgan fingerprint density at radius 1 is 0.867 bits per heavy atom. The molecule has 0 spiro atoms. The fourth-order valence-electron chi connectivity index (χ4n) is 2.16. The number of rotatable bonds is 13. The average Bonchev–Trinajstić information content (AvgIpc) is 2.60. The van der Waals surface area contributed by atoms with Crippen LogP contribution in [-0.4, -0.2) is 81.2 Å². The number of amides is 4. The number of primary amides is 1. The maximum absolute atomic E-state index is 12.5. The summed E-state index contributed by atoms with van der Waals surface area (Å²) < 4.78 is 0. The molecular weight excluding hydrogens is 406 g/mol. The van der Waals surface area contributed by atoms with Crippen LogP contribution in [0.3, 0.4) is 0 Å². The first-order chi connectivity index (χ1) is 13.8. The lowest BCUT2D eigenvalue weighted by Crippen LogP contribution is -2.59. The van der Waals surface area contributed by atoms with Crippen LogP contribution >= 0.6 is 0 Å². The Bertz CT molecular complexity index is 680. The van der Waals surface area contributed by atoms with Crippen molar-refractivity contribution in [1.82, 2.24) is 16.0 Å². The molecule has 14 nitrogen and oxygen atoms in total. The fourth-order valence-corrected chi connectivity index (χ4v) is 2.16. The number of nitrogens with one attached hydrogen (secondary N) is 3. The van der Waals surface area contributed by atoms with E-state index in [1.165, 1.54) is 13.8 Å². The second-order valence-electron chi connectivity index (χ2n) is 6.58. The molecule has 5 atom stereocenters. The minimum absolute atomic E-state index is 0.441. The standard InChI is InChI=1S/C16H27N5O9/c1-6(17)13(26)21-12(7(2)22)15(28)19-8(3-4-11(24)25)14(27)20-9(16(29)30)5-10(18)23/h6-9,12,22H,3-5,17H2,1-2H3,(H2,18,23)(H,19,28)(H,20,27)(H,21,26)(H,24,25)(H,29,30). The van der Waals surface area contributed by atoms with Gasteiger partial charge < -0.3 is 42.7 Å². The number of carboxylic acids is 2. The van der Waals surface area contributed by atoms with Crippen molar-refractivity contribution in [3.63, 3.8) is 0 Å². The fraction of sp³-hybridized carbons (Fsp3) is 0.625. The SMILES string of the molecule is CC(N)C(=O)NC(C(=O)NC(CCC(=O)O)C(=O)NC(CC(N)=O)C(=O)O)C(C)O. The minimum atomic E-state index is -1.70. The molecule has 0 fully saturated rings. The number of aliphatic carboxylic acids is 2. The average molecular weight is 433 g/mol. The molecule has 0 aromatic heterocycles. The van der Waals surface area contributed by atoms with E-state index >= 15 is 0 Å². The molecule has 0 aromatic carbocycles. The quantitative estimate of drug-likeness (QED) is 0.140. The Morgan fingerprint density at radius 2 is 1.40 bits per heavy atom. The molecule has 170 valence electrons. The molecule has 0 rings (SSSR count). The van der Waals surface area contributed by atoms with Crippen LogP contribution in [0.1, 0.15) is 33.1 Å². The van der Waals surface area contributed by atoms with E-state index in [2.05, 4.69) is 10.6 Å². The van der Waals surface area contributed by atoms with Crippen LogP contribution in [0.4, 0.5) is 0 Å². The molecule has 5 unspecified atom stereocenters. The van der Waals surface area contributed by atoms with Crippen molar-refractivity contribution < 1.29 is 44.1 Å². The number of aliphatic hydroxyl groups is 1. The third kappa shape index (κ3) is 9.79. The largest absolute Gasteiger partial charge is 0.481 e. The second kappa shape index (κ2) is 12.3. The Morgan fingerprint density at radius 3 is 1.80 bits per heavy atom. The first-order valence-electron chi connectivity index (χ1n) is 8.83. The highest BCUT2D eigenvalue weighted by Crippen LogP contribution is 2.03. The highest BCUT2D eigenvalue weighted by molar-refractivity contribution is 5.95. The number of nitrogens with two attached hydrogens (primary N) is 2. The van der Waals surface area contributed by atoms with Crippen LogP contribution in [0.15, 0.2) is 0 Å². The summed E-state index contributed by atoms with van der Waals surface area (Å²) in [6.07, 6.45) is -3.15. The van der Waals surface area contributed by atoms with Gasteiger partial charge in [-0.3, -0.25) is 24.0 Å². The van der Waals surface area contributed by atoms with Gasteiger partial charge in [-0.05, 0) is 20.3 Å². The van der Waals surface area contributed by atoms with Gasteiger partial charge in [-0.1, -0.05) is 0 Å². The smallest absolute Gasteiger partial charge is 0.326 e. The molecule has 0 aliphatic heterocycles. The second-order valence-corrected chi connectivity index (χ2v) is 6.58. The molecule has 14 heteroatoms.